The van der Waals surface area contributed by atoms with Crippen molar-refractivity contribution >= 4 is 11.6 Å². The lowest BCUT2D eigenvalue weighted by Crippen LogP contribution is -2.17. The minimum absolute atomic E-state index is 0.140. The molecule has 3 rings (SSSR count). The normalized spacial score (nSPS) is 18.8. The summed E-state index contributed by atoms with van der Waals surface area (Å²) in [5.74, 6) is 0.104. The van der Waals surface area contributed by atoms with Gasteiger partial charge < -0.3 is 0 Å². The fraction of sp³-hybridized carbons (Fsp3) is 0.583. The van der Waals surface area contributed by atoms with Crippen LogP contribution in [0.1, 0.15) is 92.9 Å². The fourth-order valence-electron chi connectivity index (χ4n) is 4.23. The van der Waals surface area contributed by atoms with Crippen molar-refractivity contribution in [3.05, 3.63) is 47.0 Å². The number of rotatable bonds is 10. The minimum atomic E-state index is -4.33. The number of aromatic nitrogens is 4. The lowest BCUT2D eigenvalue weighted by molar-refractivity contribution is -0.143. The third kappa shape index (κ3) is 7.98. The van der Waals surface area contributed by atoms with E-state index in [0.717, 1.165) is 43.5 Å². The molecular formula is C24H29F3N4O2. The van der Waals surface area contributed by atoms with Gasteiger partial charge in [-0.25, -0.2) is 0 Å². The van der Waals surface area contributed by atoms with E-state index in [0.29, 0.717) is 24.2 Å². The van der Waals surface area contributed by atoms with E-state index in [4.69, 9.17) is 0 Å². The highest BCUT2D eigenvalue weighted by molar-refractivity contribution is 5.80. The van der Waals surface area contributed by atoms with Crippen molar-refractivity contribution in [3.8, 4) is 0 Å². The van der Waals surface area contributed by atoms with Gasteiger partial charge in [0.25, 0.3) is 0 Å². The van der Waals surface area contributed by atoms with Gasteiger partial charge in [0, 0.05) is 24.7 Å². The van der Waals surface area contributed by atoms with Gasteiger partial charge in [0.15, 0.2) is 0 Å². The number of hydrogen-bond acceptors (Lipinski definition) is 6. The van der Waals surface area contributed by atoms with Crippen LogP contribution in [-0.2, 0) is 22.4 Å². The van der Waals surface area contributed by atoms with E-state index < -0.39 is 24.8 Å². The molecule has 178 valence electrons. The van der Waals surface area contributed by atoms with E-state index in [1.807, 2.05) is 25.1 Å². The standard InChI is InChI=1S/C24H29F3N4O2/c1-2-4-20(32)14-18-7-9-22(30-28-18)16-5-3-6-17(13-16)23-10-8-19(29-31-23)15-21(33)11-12-24(25,26)27/h7-10,16-17H,2-6,11-15H2,1H3/t16-,17-/m0/s1. The highest BCUT2D eigenvalue weighted by Crippen LogP contribution is 2.39. The molecule has 0 unspecified atom stereocenters. The second-order valence-corrected chi connectivity index (χ2v) is 8.76. The Morgan fingerprint density at radius 2 is 1.36 bits per heavy atom. The summed E-state index contributed by atoms with van der Waals surface area (Å²) in [5.41, 5.74) is 2.81. The average molecular weight is 463 g/mol. The summed E-state index contributed by atoms with van der Waals surface area (Å²) in [7, 11) is 0. The molecule has 33 heavy (non-hydrogen) atoms. The van der Waals surface area contributed by atoms with E-state index in [1.54, 1.807) is 6.07 Å². The van der Waals surface area contributed by atoms with Crippen molar-refractivity contribution in [2.75, 3.05) is 0 Å². The van der Waals surface area contributed by atoms with Crippen molar-refractivity contribution in [2.24, 2.45) is 0 Å². The van der Waals surface area contributed by atoms with Crippen LogP contribution < -0.4 is 0 Å². The summed E-state index contributed by atoms with van der Waals surface area (Å²) in [6.45, 7) is 1.97. The summed E-state index contributed by atoms with van der Waals surface area (Å²) in [4.78, 5) is 23.6. The molecule has 2 aromatic rings. The van der Waals surface area contributed by atoms with Gasteiger partial charge in [-0.2, -0.15) is 33.6 Å². The van der Waals surface area contributed by atoms with Gasteiger partial charge in [-0.1, -0.05) is 13.3 Å². The Bertz CT molecular complexity index is 930. The Kier molecular flexibility index (Phi) is 8.63. The molecule has 0 aliphatic heterocycles. The Balaban J connectivity index is 1.55. The molecule has 2 heterocycles. The van der Waals surface area contributed by atoms with E-state index >= 15 is 0 Å². The molecule has 1 saturated carbocycles. The molecule has 1 aliphatic carbocycles. The van der Waals surface area contributed by atoms with E-state index in [1.165, 1.54) is 0 Å². The summed E-state index contributed by atoms with van der Waals surface area (Å²) < 4.78 is 36.8. The van der Waals surface area contributed by atoms with Crippen LogP contribution in [0, 0.1) is 0 Å². The highest BCUT2D eigenvalue weighted by Gasteiger charge is 2.28. The molecule has 6 nitrogen and oxygen atoms in total. The van der Waals surface area contributed by atoms with Crippen molar-refractivity contribution in [1.29, 1.82) is 0 Å². The topological polar surface area (TPSA) is 85.7 Å². The predicted molar refractivity (Wildman–Crippen MR) is 116 cm³/mol. The zero-order valence-electron chi connectivity index (χ0n) is 18.8. The van der Waals surface area contributed by atoms with Crippen LogP contribution in [0.15, 0.2) is 24.3 Å². The Hall–Kier alpha value is -2.71. The third-order valence-corrected chi connectivity index (χ3v) is 5.96. The van der Waals surface area contributed by atoms with E-state index in [-0.39, 0.29) is 24.0 Å². The molecule has 1 aliphatic rings. The smallest absolute Gasteiger partial charge is 0.299 e. The number of Topliss-reactive ketones (excluding diaryl/α,β-unsaturated/α-hetero) is 2. The quantitative estimate of drug-likeness (QED) is 0.490. The monoisotopic (exact) mass is 462 g/mol. The first-order chi connectivity index (χ1) is 15.7. The molecule has 0 aromatic carbocycles. The van der Waals surface area contributed by atoms with Gasteiger partial charge in [0.2, 0.25) is 0 Å². The predicted octanol–water partition coefficient (Wildman–Crippen LogP) is 5.07. The van der Waals surface area contributed by atoms with Crippen LogP contribution in [0.4, 0.5) is 13.2 Å². The SMILES string of the molecule is CCCC(=O)Cc1ccc([C@H]2CCC[C@H](c3ccc(CC(=O)CCC(F)(F)F)nn3)C2)nn1. The third-order valence-electron chi connectivity index (χ3n) is 5.96. The van der Waals surface area contributed by atoms with Crippen LogP contribution in [-0.4, -0.2) is 38.1 Å². The number of carbonyl (C=O) groups excluding carboxylic acids is 2. The summed E-state index contributed by atoms with van der Waals surface area (Å²) >= 11 is 0. The molecule has 0 N–H and O–H groups in total. The molecule has 2 atom stereocenters. The molecule has 0 radical (unpaired) electrons. The number of alkyl halides is 3. The maximum absolute atomic E-state index is 12.3. The van der Waals surface area contributed by atoms with Crippen LogP contribution >= 0.6 is 0 Å². The average Bonchev–Trinajstić information content (AvgIpc) is 2.78. The summed E-state index contributed by atoms with van der Waals surface area (Å²) in [6, 6.07) is 7.33. The second kappa shape index (κ2) is 11.4. The van der Waals surface area contributed by atoms with Gasteiger partial charge in [-0.05, 0) is 49.9 Å². The number of hydrogen-bond donors (Lipinski definition) is 0. The molecule has 2 aromatic heterocycles. The molecule has 0 saturated heterocycles. The van der Waals surface area contributed by atoms with Crippen molar-refractivity contribution in [3.63, 3.8) is 0 Å². The Labute approximate surface area is 191 Å². The zero-order valence-corrected chi connectivity index (χ0v) is 18.8. The summed E-state index contributed by atoms with van der Waals surface area (Å²) in [6.07, 6.45) is -0.613. The van der Waals surface area contributed by atoms with Gasteiger partial charge in [0.05, 0.1) is 42.0 Å². The first kappa shape index (κ1) is 24.9. The van der Waals surface area contributed by atoms with Crippen molar-refractivity contribution in [2.45, 2.75) is 89.1 Å². The minimum Gasteiger partial charge on any atom is -0.299 e. The molecule has 0 amide bonds. The van der Waals surface area contributed by atoms with Crippen LogP contribution in [0.25, 0.3) is 0 Å². The van der Waals surface area contributed by atoms with Crippen LogP contribution in [0.5, 0.6) is 0 Å². The summed E-state index contributed by atoms with van der Waals surface area (Å²) in [5, 5.41) is 16.9. The van der Waals surface area contributed by atoms with Gasteiger partial charge in [-0.3, -0.25) is 9.59 Å². The molecule has 1 fully saturated rings. The Morgan fingerprint density at radius 3 is 1.79 bits per heavy atom. The second-order valence-electron chi connectivity index (χ2n) is 8.76. The van der Waals surface area contributed by atoms with Gasteiger partial charge in [0.1, 0.15) is 11.6 Å². The number of ketones is 2. The first-order valence-corrected chi connectivity index (χ1v) is 11.5. The van der Waals surface area contributed by atoms with Crippen LogP contribution in [0.3, 0.4) is 0 Å². The highest BCUT2D eigenvalue weighted by atomic mass is 19.4. The van der Waals surface area contributed by atoms with E-state index in [2.05, 4.69) is 20.4 Å². The van der Waals surface area contributed by atoms with E-state index in [9.17, 15) is 22.8 Å². The zero-order chi connectivity index (χ0) is 23.8. The van der Waals surface area contributed by atoms with Crippen molar-refractivity contribution < 1.29 is 22.8 Å². The molecular weight excluding hydrogens is 433 g/mol. The maximum atomic E-state index is 12.3. The lowest BCUT2D eigenvalue weighted by Gasteiger charge is -2.28. The molecule has 0 spiro atoms. The first-order valence-electron chi connectivity index (χ1n) is 11.5. The molecule has 9 heteroatoms. The van der Waals surface area contributed by atoms with Gasteiger partial charge >= 0.3 is 6.18 Å². The van der Waals surface area contributed by atoms with Crippen molar-refractivity contribution in [1.82, 2.24) is 20.4 Å². The largest absolute Gasteiger partial charge is 0.389 e. The maximum Gasteiger partial charge on any atom is 0.389 e. The molecule has 0 bridgehead atoms. The number of nitrogens with zero attached hydrogens (tertiary/aromatic N) is 4. The van der Waals surface area contributed by atoms with Crippen LogP contribution in [0.2, 0.25) is 0 Å². The lowest BCUT2D eigenvalue weighted by atomic mass is 9.78. The fourth-order valence-corrected chi connectivity index (χ4v) is 4.23. The number of carbonyl (C=O) groups is 2. The van der Waals surface area contributed by atoms with Gasteiger partial charge in [-0.15, -0.1) is 0 Å². The Morgan fingerprint density at radius 1 is 0.848 bits per heavy atom. The number of halogens is 3.